The summed E-state index contributed by atoms with van der Waals surface area (Å²) in [6.07, 6.45) is 1.66. The highest BCUT2D eigenvalue weighted by Gasteiger charge is 2.18. The SMILES string of the molecule is Cc1ccc(-c2csc(NC(=O)C(C)Sc3cccc(NC(=O)/C(=C\c4ccc(C(C)C)cc4)NC(=O)c4ccccc4)c3)n2)cc1. The van der Waals surface area contributed by atoms with E-state index in [1.165, 1.54) is 34.2 Å². The van der Waals surface area contributed by atoms with Gasteiger partial charge in [-0.1, -0.05) is 92.2 Å². The molecule has 5 rings (SSSR count). The Bertz CT molecular complexity index is 1880. The number of aromatic nitrogens is 1. The number of hydrogen-bond donors (Lipinski definition) is 3. The number of thioether (sulfide) groups is 1. The van der Waals surface area contributed by atoms with Gasteiger partial charge in [-0.2, -0.15) is 0 Å². The Morgan fingerprint density at radius 2 is 1.55 bits per heavy atom. The Morgan fingerprint density at radius 1 is 0.830 bits per heavy atom. The van der Waals surface area contributed by atoms with Crippen LogP contribution >= 0.6 is 23.1 Å². The number of carbonyl (C=O) groups is 3. The molecule has 0 aliphatic heterocycles. The molecule has 0 aliphatic rings. The molecule has 3 amide bonds. The molecule has 3 N–H and O–H groups in total. The van der Waals surface area contributed by atoms with E-state index in [-0.39, 0.29) is 17.5 Å². The highest BCUT2D eigenvalue weighted by Crippen LogP contribution is 2.29. The van der Waals surface area contributed by atoms with E-state index in [1.807, 2.05) is 86.0 Å². The summed E-state index contributed by atoms with van der Waals surface area (Å²) in [6, 6.07) is 32.0. The van der Waals surface area contributed by atoms with E-state index in [0.29, 0.717) is 22.3 Å². The molecule has 0 spiro atoms. The van der Waals surface area contributed by atoms with Gasteiger partial charge in [0.2, 0.25) is 5.91 Å². The highest BCUT2D eigenvalue weighted by molar-refractivity contribution is 8.00. The molecule has 0 aliphatic carbocycles. The van der Waals surface area contributed by atoms with Gasteiger partial charge in [0, 0.05) is 27.1 Å². The Morgan fingerprint density at radius 3 is 2.26 bits per heavy atom. The van der Waals surface area contributed by atoms with Gasteiger partial charge in [0.05, 0.1) is 10.9 Å². The van der Waals surface area contributed by atoms with E-state index in [0.717, 1.165) is 21.7 Å². The first-order valence-electron chi connectivity index (χ1n) is 15.2. The average molecular weight is 661 g/mol. The van der Waals surface area contributed by atoms with E-state index in [1.54, 1.807) is 42.5 Å². The monoisotopic (exact) mass is 660 g/mol. The summed E-state index contributed by atoms with van der Waals surface area (Å²) in [5.41, 5.74) is 6.02. The number of nitrogens with zero attached hydrogens (tertiary/aromatic N) is 1. The number of nitrogens with one attached hydrogen (secondary N) is 3. The predicted molar refractivity (Wildman–Crippen MR) is 194 cm³/mol. The molecule has 1 aromatic heterocycles. The summed E-state index contributed by atoms with van der Waals surface area (Å²) in [5.74, 6) is -0.659. The molecule has 1 atom stereocenters. The quantitative estimate of drug-likeness (QED) is 0.0972. The molecule has 0 fully saturated rings. The third-order valence-electron chi connectivity index (χ3n) is 7.30. The molecule has 7 nitrogen and oxygen atoms in total. The van der Waals surface area contributed by atoms with Crippen LogP contribution in [0.1, 0.15) is 53.7 Å². The molecule has 47 heavy (non-hydrogen) atoms. The number of anilines is 2. The van der Waals surface area contributed by atoms with Gasteiger partial charge < -0.3 is 16.0 Å². The molecular weight excluding hydrogens is 625 g/mol. The fourth-order valence-electron chi connectivity index (χ4n) is 4.58. The van der Waals surface area contributed by atoms with Crippen molar-refractivity contribution in [3.05, 3.63) is 136 Å². The first-order valence-corrected chi connectivity index (χ1v) is 17.0. The second-order valence-corrected chi connectivity index (χ2v) is 13.6. The maximum absolute atomic E-state index is 13.6. The van der Waals surface area contributed by atoms with Crippen molar-refractivity contribution in [2.45, 2.75) is 43.8 Å². The maximum atomic E-state index is 13.6. The predicted octanol–water partition coefficient (Wildman–Crippen LogP) is 8.77. The van der Waals surface area contributed by atoms with Crippen LogP contribution in [0.2, 0.25) is 0 Å². The van der Waals surface area contributed by atoms with Gasteiger partial charge in [-0.25, -0.2) is 4.98 Å². The van der Waals surface area contributed by atoms with Crippen molar-refractivity contribution in [3.8, 4) is 11.3 Å². The van der Waals surface area contributed by atoms with Gasteiger partial charge in [0.15, 0.2) is 5.13 Å². The summed E-state index contributed by atoms with van der Waals surface area (Å²) in [7, 11) is 0. The van der Waals surface area contributed by atoms with E-state index < -0.39 is 11.2 Å². The van der Waals surface area contributed by atoms with Crippen LogP contribution in [0, 0.1) is 6.92 Å². The second-order valence-electron chi connectivity index (χ2n) is 11.3. The van der Waals surface area contributed by atoms with Crippen molar-refractivity contribution < 1.29 is 14.4 Å². The second kappa shape index (κ2) is 15.5. The molecule has 0 saturated heterocycles. The first kappa shape index (κ1) is 33.4. The molecule has 4 aromatic carbocycles. The fraction of sp³-hybridized carbons (Fsp3) is 0.158. The van der Waals surface area contributed by atoms with E-state index in [9.17, 15) is 14.4 Å². The van der Waals surface area contributed by atoms with Gasteiger partial charge >= 0.3 is 0 Å². The van der Waals surface area contributed by atoms with Gasteiger partial charge in [-0.05, 0) is 67.3 Å². The maximum Gasteiger partial charge on any atom is 0.272 e. The third kappa shape index (κ3) is 9.28. The van der Waals surface area contributed by atoms with Crippen LogP contribution in [0.3, 0.4) is 0 Å². The molecule has 238 valence electrons. The number of carbonyl (C=O) groups excluding carboxylic acids is 3. The zero-order chi connectivity index (χ0) is 33.3. The van der Waals surface area contributed by atoms with E-state index in [4.69, 9.17) is 0 Å². The Balaban J connectivity index is 1.26. The third-order valence-corrected chi connectivity index (χ3v) is 9.15. The Labute approximate surface area is 283 Å². The Kier molecular flexibility index (Phi) is 11.0. The normalized spacial score (nSPS) is 12.0. The van der Waals surface area contributed by atoms with E-state index in [2.05, 4.69) is 34.8 Å². The lowest BCUT2D eigenvalue weighted by Gasteiger charge is -2.14. The van der Waals surface area contributed by atoms with E-state index >= 15 is 0 Å². The minimum Gasteiger partial charge on any atom is -0.321 e. The largest absolute Gasteiger partial charge is 0.321 e. The molecule has 1 unspecified atom stereocenters. The molecular formula is C38H36N4O3S2. The van der Waals surface area contributed by atoms with Gasteiger partial charge in [-0.3, -0.25) is 14.4 Å². The van der Waals surface area contributed by atoms with Gasteiger partial charge in [-0.15, -0.1) is 23.1 Å². The average Bonchev–Trinajstić information content (AvgIpc) is 3.53. The molecule has 0 radical (unpaired) electrons. The zero-order valence-corrected chi connectivity index (χ0v) is 28.2. The smallest absolute Gasteiger partial charge is 0.272 e. The van der Waals surface area contributed by atoms with Gasteiger partial charge in [0.1, 0.15) is 5.70 Å². The molecule has 0 saturated carbocycles. The highest BCUT2D eigenvalue weighted by atomic mass is 32.2. The van der Waals surface area contributed by atoms with Crippen LogP contribution in [0.25, 0.3) is 17.3 Å². The van der Waals surface area contributed by atoms with Gasteiger partial charge in [0.25, 0.3) is 11.8 Å². The fourth-order valence-corrected chi connectivity index (χ4v) is 6.23. The number of amides is 3. The number of rotatable bonds is 11. The van der Waals surface area contributed by atoms with Crippen molar-refractivity contribution in [2.24, 2.45) is 0 Å². The van der Waals surface area contributed by atoms with Crippen LogP contribution in [0.5, 0.6) is 0 Å². The molecule has 1 heterocycles. The van der Waals surface area contributed by atoms with Crippen molar-refractivity contribution in [3.63, 3.8) is 0 Å². The summed E-state index contributed by atoms with van der Waals surface area (Å²) in [4.78, 5) is 45.0. The van der Waals surface area contributed by atoms with Crippen LogP contribution < -0.4 is 16.0 Å². The lowest BCUT2D eigenvalue weighted by molar-refractivity contribution is -0.115. The van der Waals surface area contributed by atoms with Crippen LogP contribution in [0.4, 0.5) is 10.8 Å². The lowest BCUT2D eigenvalue weighted by Crippen LogP contribution is -2.30. The van der Waals surface area contributed by atoms with Crippen molar-refractivity contribution >= 4 is 57.7 Å². The molecule has 5 aromatic rings. The standard InChI is InChI=1S/C38H36N4O3S2/c1-24(2)28-19-15-27(16-20-28)21-33(40-36(44)30-9-6-5-7-10-30)37(45)39-31-11-8-12-32(22-31)47-26(4)35(43)42-38-41-34(23-46-38)29-17-13-25(3)14-18-29/h5-24,26H,1-4H3,(H,39,45)(H,40,44)(H,41,42,43)/b33-21+. The zero-order valence-electron chi connectivity index (χ0n) is 26.6. The van der Waals surface area contributed by atoms with Crippen molar-refractivity contribution in [1.82, 2.24) is 10.3 Å². The number of benzene rings is 4. The summed E-state index contributed by atoms with van der Waals surface area (Å²) in [5, 5.41) is 10.6. The van der Waals surface area contributed by atoms with Crippen molar-refractivity contribution in [1.29, 1.82) is 0 Å². The minimum absolute atomic E-state index is 0.107. The topological polar surface area (TPSA) is 100 Å². The minimum atomic E-state index is -0.469. The lowest BCUT2D eigenvalue weighted by atomic mass is 10.0. The molecule has 0 bridgehead atoms. The number of hydrogen-bond acceptors (Lipinski definition) is 6. The summed E-state index contributed by atoms with van der Waals surface area (Å²) in [6.45, 7) is 8.09. The van der Waals surface area contributed by atoms with Crippen molar-refractivity contribution in [2.75, 3.05) is 10.6 Å². The number of thiazole rings is 1. The molecule has 9 heteroatoms. The number of aryl methyl sites for hydroxylation is 1. The summed E-state index contributed by atoms with van der Waals surface area (Å²) >= 11 is 2.75. The Hall–Kier alpha value is -4.99. The van der Waals surface area contributed by atoms with Crippen LogP contribution in [0.15, 0.2) is 119 Å². The first-order chi connectivity index (χ1) is 22.6. The van der Waals surface area contributed by atoms with Crippen LogP contribution in [-0.4, -0.2) is 28.0 Å². The summed E-state index contributed by atoms with van der Waals surface area (Å²) < 4.78 is 0. The van der Waals surface area contributed by atoms with Crippen LogP contribution in [-0.2, 0) is 9.59 Å².